The number of aliphatic imine (C=N–C) groups is 1. The van der Waals surface area contributed by atoms with Gasteiger partial charge in [-0.1, -0.05) is 35.9 Å². The minimum atomic E-state index is -0.159. The van der Waals surface area contributed by atoms with Gasteiger partial charge in [-0.05, 0) is 47.5 Å². The lowest BCUT2D eigenvalue weighted by atomic mass is 9.98. The number of halogens is 1. The summed E-state index contributed by atoms with van der Waals surface area (Å²) in [5, 5.41) is 20.5. The average Bonchev–Trinajstić information content (AvgIpc) is 2.95. The van der Waals surface area contributed by atoms with Gasteiger partial charge in [-0.15, -0.1) is 11.8 Å². The number of aliphatic hydroxyl groups is 1. The van der Waals surface area contributed by atoms with Gasteiger partial charge in [0, 0.05) is 22.1 Å². The van der Waals surface area contributed by atoms with Gasteiger partial charge in [0.1, 0.15) is 11.5 Å². The van der Waals surface area contributed by atoms with Crippen LogP contribution in [0, 0.1) is 0 Å². The number of para-hydroxylation sites is 1. The summed E-state index contributed by atoms with van der Waals surface area (Å²) in [5.41, 5.74) is 3.92. The van der Waals surface area contributed by atoms with Crippen molar-refractivity contribution in [2.24, 2.45) is 4.99 Å². The highest BCUT2D eigenvalue weighted by molar-refractivity contribution is 7.99. The molecule has 0 bridgehead atoms. The molecule has 6 heteroatoms. The van der Waals surface area contributed by atoms with Gasteiger partial charge < -0.3 is 14.9 Å². The minimum Gasteiger partial charge on any atom is -0.506 e. The molecule has 2 N–H and O–H groups in total. The predicted octanol–water partition coefficient (Wildman–Crippen LogP) is 5.90. The maximum Gasteiger partial charge on any atom is 0.143 e. The first-order valence-corrected chi connectivity index (χ1v) is 10.4. The van der Waals surface area contributed by atoms with Crippen molar-refractivity contribution in [3.63, 3.8) is 0 Å². The lowest BCUT2D eigenvalue weighted by Gasteiger charge is -2.17. The second-order valence-electron chi connectivity index (χ2n) is 6.74. The topological polar surface area (TPSA) is 62.0 Å². The number of benzene rings is 3. The van der Waals surface area contributed by atoms with E-state index < -0.39 is 0 Å². The van der Waals surface area contributed by atoms with Crippen molar-refractivity contribution in [1.82, 2.24) is 0 Å². The Bertz CT molecular complexity index is 1070. The van der Waals surface area contributed by atoms with Crippen molar-refractivity contribution in [3.05, 3.63) is 82.4 Å². The van der Waals surface area contributed by atoms with E-state index in [1.165, 1.54) is 0 Å². The van der Waals surface area contributed by atoms with Crippen LogP contribution >= 0.6 is 23.4 Å². The molecule has 0 radical (unpaired) electrons. The Hall–Kier alpha value is -2.47. The van der Waals surface area contributed by atoms with Crippen LogP contribution in [0.15, 0.2) is 70.6 Å². The van der Waals surface area contributed by atoms with Gasteiger partial charge in [-0.2, -0.15) is 0 Å². The number of nitrogens with zero attached hydrogens (tertiary/aromatic N) is 1. The van der Waals surface area contributed by atoms with E-state index in [1.807, 2.05) is 30.3 Å². The normalized spacial score (nSPS) is 16.0. The number of phenolic OH excluding ortho intramolecular Hbond substituents is 1. The molecule has 0 spiro atoms. The Morgan fingerprint density at radius 2 is 1.90 bits per heavy atom. The van der Waals surface area contributed by atoms with Gasteiger partial charge in [0.15, 0.2) is 0 Å². The van der Waals surface area contributed by atoms with E-state index in [4.69, 9.17) is 21.3 Å². The Kier molecular flexibility index (Phi) is 5.81. The first-order chi connectivity index (χ1) is 14.1. The van der Waals surface area contributed by atoms with Crippen molar-refractivity contribution >= 4 is 34.8 Å². The Morgan fingerprint density at radius 1 is 1.14 bits per heavy atom. The zero-order valence-corrected chi connectivity index (χ0v) is 17.4. The van der Waals surface area contributed by atoms with Crippen molar-refractivity contribution in [2.45, 2.75) is 23.2 Å². The number of phenols is 1. The maximum absolute atomic E-state index is 10.6. The van der Waals surface area contributed by atoms with Crippen LogP contribution in [0.25, 0.3) is 0 Å². The zero-order chi connectivity index (χ0) is 20.4. The molecule has 1 unspecified atom stereocenters. The third-order valence-electron chi connectivity index (χ3n) is 4.87. The van der Waals surface area contributed by atoms with Crippen molar-refractivity contribution in [1.29, 1.82) is 0 Å². The van der Waals surface area contributed by atoms with Gasteiger partial charge in [0.05, 0.1) is 30.1 Å². The number of hydrogen-bond acceptors (Lipinski definition) is 5. The number of rotatable bonds is 4. The molecule has 0 aromatic heterocycles. The fraction of sp³-hybridized carbons (Fsp3) is 0.174. The Labute approximate surface area is 178 Å². The van der Waals surface area contributed by atoms with Gasteiger partial charge in [0.2, 0.25) is 0 Å². The standard InChI is InChI=1S/C23H20ClNO3S/c1-28-16-8-6-15(7-9-16)22-12-20(25-19-4-2-3-5-21(19)29-22)17-10-14(13-26)11-18(24)23(17)27/h2-11,22,26-27H,12-13H2,1H3. The summed E-state index contributed by atoms with van der Waals surface area (Å²) in [7, 11) is 1.65. The largest absolute Gasteiger partial charge is 0.506 e. The molecule has 3 aromatic carbocycles. The predicted molar refractivity (Wildman–Crippen MR) is 118 cm³/mol. The SMILES string of the molecule is COc1ccc(C2CC(c3cc(CO)cc(Cl)c3O)=Nc3ccccc3S2)cc1. The fourth-order valence-electron chi connectivity index (χ4n) is 3.35. The van der Waals surface area contributed by atoms with Gasteiger partial charge >= 0.3 is 0 Å². The summed E-state index contributed by atoms with van der Waals surface area (Å²) in [6.07, 6.45) is 0.602. The highest BCUT2D eigenvalue weighted by Crippen LogP contribution is 2.46. The monoisotopic (exact) mass is 425 g/mol. The molecule has 3 aromatic rings. The molecular weight excluding hydrogens is 406 g/mol. The van der Waals surface area contributed by atoms with Crippen molar-refractivity contribution < 1.29 is 14.9 Å². The summed E-state index contributed by atoms with van der Waals surface area (Å²) in [6, 6.07) is 19.3. The molecule has 1 atom stereocenters. The molecule has 29 heavy (non-hydrogen) atoms. The van der Waals surface area contributed by atoms with E-state index in [1.54, 1.807) is 31.0 Å². The molecule has 0 saturated heterocycles. The maximum atomic E-state index is 10.6. The smallest absolute Gasteiger partial charge is 0.143 e. The number of fused-ring (bicyclic) bond motifs is 1. The summed E-state index contributed by atoms with van der Waals surface area (Å²) in [4.78, 5) is 5.94. The molecule has 148 valence electrons. The van der Waals surface area contributed by atoms with Crippen LogP contribution in [0.5, 0.6) is 11.5 Å². The van der Waals surface area contributed by atoms with Crippen molar-refractivity contribution in [3.8, 4) is 11.5 Å². The molecular formula is C23H20ClNO3S. The zero-order valence-electron chi connectivity index (χ0n) is 15.8. The van der Waals surface area contributed by atoms with E-state index in [-0.39, 0.29) is 22.6 Å². The second-order valence-corrected chi connectivity index (χ2v) is 8.39. The summed E-state index contributed by atoms with van der Waals surface area (Å²) >= 11 is 7.95. The summed E-state index contributed by atoms with van der Waals surface area (Å²) in [6.45, 7) is -0.159. The summed E-state index contributed by atoms with van der Waals surface area (Å²) < 4.78 is 5.28. The highest BCUT2D eigenvalue weighted by Gasteiger charge is 2.25. The first-order valence-electron chi connectivity index (χ1n) is 9.19. The van der Waals surface area contributed by atoms with Gasteiger partial charge in [-0.25, -0.2) is 0 Å². The van der Waals surface area contributed by atoms with Crippen molar-refractivity contribution in [2.75, 3.05) is 7.11 Å². The van der Waals surface area contributed by atoms with E-state index in [2.05, 4.69) is 18.2 Å². The number of ether oxygens (including phenoxy) is 1. The quantitative estimate of drug-likeness (QED) is 0.545. The lowest BCUT2D eigenvalue weighted by Crippen LogP contribution is -2.07. The van der Waals surface area contributed by atoms with Gasteiger partial charge in [0.25, 0.3) is 0 Å². The van der Waals surface area contributed by atoms with Crippen LogP contribution in [0.3, 0.4) is 0 Å². The molecule has 4 nitrogen and oxygen atoms in total. The molecule has 1 aliphatic heterocycles. The number of methoxy groups -OCH3 is 1. The number of hydrogen-bond donors (Lipinski definition) is 2. The number of aromatic hydroxyl groups is 1. The van der Waals surface area contributed by atoms with E-state index in [0.29, 0.717) is 17.5 Å². The Morgan fingerprint density at radius 3 is 2.62 bits per heavy atom. The molecule has 0 amide bonds. The third kappa shape index (κ3) is 4.13. The molecule has 0 saturated carbocycles. The second kappa shape index (κ2) is 8.49. The summed E-state index contributed by atoms with van der Waals surface area (Å²) in [5.74, 6) is 0.794. The van der Waals surface area contributed by atoms with E-state index in [0.717, 1.165) is 27.6 Å². The minimum absolute atomic E-state index is 0.0134. The number of aliphatic hydroxyl groups excluding tert-OH is 1. The van der Waals surface area contributed by atoms with Crippen LogP contribution in [0.1, 0.15) is 28.4 Å². The third-order valence-corrected chi connectivity index (χ3v) is 6.48. The molecule has 0 aliphatic carbocycles. The van der Waals surface area contributed by atoms with E-state index >= 15 is 0 Å². The first kappa shape index (κ1) is 19.8. The molecule has 1 aliphatic rings. The number of thioether (sulfide) groups is 1. The van der Waals surface area contributed by atoms with Crippen LogP contribution in [-0.4, -0.2) is 23.0 Å². The van der Waals surface area contributed by atoms with Crippen LogP contribution < -0.4 is 4.74 Å². The van der Waals surface area contributed by atoms with Crippen LogP contribution in [-0.2, 0) is 6.61 Å². The Balaban J connectivity index is 1.82. The molecule has 0 fully saturated rings. The molecule has 1 heterocycles. The average molecular weight is 426 g/mol. The fourth-order valence-corrected chi connectivity index (χ4v) is 4.83. The highest BCUT2D eigenvalue weighted by atomic mass is 35.5. The van der Waals surface area contributed by atoms with Crippen LogP contribution in [0.2, 0.25) is 5.02 Å². The van der Waals surface area contributed by atoms with Crippen LogP contribution in [0.4, 0.5) is 5.69 Å². The lowest BCUT2D eigenvalue weighted by molar-refractivity contribution is 0.281. The van der Waals surface area contributed by atoms with Gasteiger partial charge in [-0.3, -0.25) is 4.99 Å². The molecule has 4 rings (SSSR count). The van der Waals surface area contributed by atoms with E-state index in [9.17, 15) is 10.2 Å².